The lowest BCUT2D eigenvalue weighted by Gasteiger charge is -2.18. The van der Waals surface area contributed by atoms with E-state index in [1.165, 1.54) is 0 Å². The molecule has 2 radical (unpaired) electrons. The third kappa shape index (κ3) is 9.56. The lowest BCUT2D eigenvalue weighted by atomic mass is 9.83. The van der Waals surface area contributed by atoms with E-state index in [0.29, 0.717) is 13.2 Å². The summed E-state index contributed by atoms with van der Waals surface area (Å²) in [6, 6.07) is 27.7. The van der Waals surface area contributed by atoms with Crippen molar-refractivity contribution in [1.29, 1.82) is 0 Å². The highest BCUT2D eigenvalue weighted by molar-refractivity contribution is 6.48. The molecule has 41 heavy (non-hydrogen) atoms. The predicted octanol–water partition coefficient (Wildman–Crippen LogP) is 6.77. The molecule has 0 aliphatic rings. The highest BCUT2D eigenvalue weighted by Crippen LogP contribution is 2.21. The summed E-state index contributed by atoms with van der Waals surface area (Å²) < 4.78 is 18.1. The van der Waals surface area contributed by atoms with Crippen molar-refractivity contribution in [2.24, 2.45) is 0 Å². The van der Waals surface area contributed by atoms with Crippen LogP contribution in [0.2, 0.25) is 10.0 Å². The molecule has 2 N–H and O–H groups in total. The molecule has 2 unspecified atom stereocenters. The van der Waals surface area contributed by atoms with Gasteiger partial charge in [0.05, 0.1) is 13.2 Å². The largest absolute Gasteiger partial charge is 0.416 e. The number of benzene rings is 4. The zero-order valence-corrected chi connectivity index (χ0v) is 25.3. The quantitative estimate of drug-likeness (QED) is 0.126. The average molecular weight is 587 g/mol. The number of hydrogen-bond donors (Lipinski definition) is 2. The van der Waals surface area contributed by atoms with Crippen LogP contribution < -0.4 is 21.6 Å². The summed E-state index contributed by atoms with van der Waals surface area (Å²) in [6.07, 6.45) is -0.458. The van der Waals surface area contributed by atoms with Crippen molar-refractivity contribution in [3.63, 3.8) is 0 Å². The van der Waals surface area contributed by atoms with Crippen molar-refractivity contribution in [2.45, 2.75) is 53.4 Å². The van der Waals surface area contributed by atoms with Crippen molar-refractivity contribution in [1.82, 2.24) is 0 Å². The number of nitrogens with one attached hydrogen (secondary N) is 2. The van der Waals surface area contributed by atoms with Crippen molar-refractivity contribution in [2.75, 3.05) is 10.6 Å². The van der Waals surface area contributed by atoms with Crippen molar-refractivity contribution < 1.29 is 14.0 Å². The van der Waals surface area contributed by atoms with Gasteiger partial charge in [-0.1, -0.05) is 71.7 Å². The van der Waals surface area contributed by atoms with Crippen molar-refractivity contribution >= 4 is 60.5 Å². The molecule has 210 valence electrons. The maximum Gasteiger partial charge on any atom is 0.333 e. The molecule has 0 aromatic heterocycles. The predicted molar refractivity (Wildman–Crippen MR) is 173 cm³/mol. The third-order valence-electron chi connectivity index (χ3n) is 6.48. The molecule has 0 saturated heterocycles. The lowest BCUT2D eigenvalue weighted by molar-refractivity contribution is 0.108. The van der Waals surface area contributed by atoms with Crippen LogP contribution in [0.4, 0.5) is 11.4 Å². The molecule has 0 amide bonds. The van der Waals surface area contributed by atoms with E-state index >= 15 is 0 Å². The molecule has 0 spiro atoms. The van der Waals surface area contributed by atoms with Gasteiger partial charge < -0.3 is 24.7 Å². The zero-order chi connectivity index (χ0) is 29.2. The smallest absolute Gasteiger partial charge is 0.333 e. The van der Waals surface area contributed by atoms with Gasteiger partial charge in [-0.2, -0.15) is 0 Å². The molecular formula is C32H34B2Cl2N2O3. The molecule has 0 bridgehead atoms. The van der Waals surface area contributed by atoms with E-state index in [-0.39, 0.29) is 12.5 Å². The van der Waals surface area contributed by atoms with E-state index in [1.54, 1.807) is 15.0 Å². The van der Waals surface area contributed by atoms with Gasteiger partial charge in [-0.15, -0.1) is 0 Å². The van der Waals surface area contributed by atoms with Gasteiger partial charge in [0.2, 0.25) is 0 Å². The van der Waals surface area contributed by atoms with E-state index in [0.717, 1.165) is 54.6 Å². The Kier molecular flexibility index (Phi) is 11.6. The molecule has 4 aromatic rings. The lowest BCUT2D eigenvalue weighted by Crippen LogP contribution is -2.30. The minimum absolute atomic E-state index is 0.229. The Morgan fingerprint density at radius 3 is 1.46 bits per heavy atom. The van der Waals surface area contributed by atoms with Gasteiger partial charge in [0, 0.05) is 21.4 Å². The summed E-state index contributed by atoms with van der Waals surface area (Å²) in [5, 5.41) is 8.17. The Balaban J connectivity index is 1.27. The first-order valence-electron chi connectivity index (χ1n) is 13.5. The van der Waals surface area contributed by atoms with E-state index < -0.39 is 0 Å². The Hall–Kier alpha value is -2.93. The second kappa shape index (κ2) is 15.3. The Bertz CT molecular complexity index is 1330. The zero-order valence-electron chi connectivity index (χ0n) is 23.8. The first kappa shape index (κ1) is 31.0. The maximum atomic E-state index is 6.14. The van der Waals surface area contributed by atoms with Gasteiger partial charge in [0.1, 0.15) is 12.5 Å². The number of anilines is 2. The van der Waals surface area contributed by atoms with Gasteiger partial charge in [-0.05, 0) is 97.3 Å². The minimum Gasteiger partial charge on any atom is -0.416 e. The number of aryl methyl sites for hydroxylation is 2. The summed E-state index contributed by atoms with van der Waals surface area (Å²) in [7, 11) is 3.54. The van der Waals surface area contributed by atoms with Gasteiger partial charge in [0.15, 0.2) is 0 Å². The van der Waals surface area contributed by atoms with Crippen LogP contribution >= 0.6 is 23.2 Å². The van der Waals surface area contributed by atoms with Crippen LogP contribution in [0.1, 0.15) is 36.1 Å². The number of halogens is 2. The van der Waals surface area contributed by atoms with Crippen molar-refractivity contribution in [3.8, 4) is 0 Å². The molecule has 4 aromatic carbocycles. The fraction of sp³-hybridized carbons (Fsp3) is 0.250. The molecule has 0 saturated carbocycles. The summed E-state index contributed by atoms with van der Waals surface area (Å²) in [4.78, 5) is 0. The highest BCUT2D eigenvalue weighted by Gasteiger charge is 2.12. The molecule has 0 heterocycles. The van der Waals surface area contributed by atoms with Crippen LogP contribution in [0.5, 0.6) is 0 Å². The third-order valence-corrected chi connectivity index (χ3v) is 7.33. The van der Waals surface area contributed by atoms with E-state index in [1.807, 2.05) is 113 Å². The van der Waals surface area contributed by atoms with Crippen LogP contribution in [0.15, 0.2) is 84.9 Å². The van der Waals surface area contributed by atoms with E-state index in [4.69, 9.17) is 37.2 Å². The summed E-state index contributed by atoms with van der Waals surface area (Å²) >= 11 is 12.3. The molecule has 0 aliphatic carbocycles. The minimum atomic E-state index is -0.229. The molecule has 5 nitrogen and oxygen atoms in total. The van der Waals surface area contributed by atoms with Gasteiger partial charge in [-0.25, -0.2) is 0 Å². The van der Waals surface area contributed by atoms with E-state index in [2.05, 4.69) is 10.6 Å². The molecule has 9 heteroatoms. The van der Waals surface area contributed by atoms with Crippen LogP contribution in [-0.2, 0) is 27.3 Å². The van der Waals surface area contributed by atoms with Crippen LogP contribution in [0.3, 0.4) is 0 Å². The Morgan fingerprint density at radius 2 is 1.05 bits per heavy atom. The van der Waals surface area contributed by atoms with Crippen LogP contribution in [0, 0.1) is 13.8 Å². The van der Waals surface area contributed by atoms with E-state index in [9.17, 15) is 0 Å². The standard InChI is InChI=1S/C32H34B2Cl2N2O3/c1-21-17-27(13-15-31(21)35)37-23(3)40-33-29-11-7-5-9-25(29)19-39-20-26-10-6-8-12-30(26)34-41-24(4)38-28-14-16-32(36)22(2)18-28/h5-18,23-24,37-38H,19-20H2,1-4H3. The fourth-order valence-electron chi connectivity index (χ4n) is 4.19. The molecule has 0 aliphatic heterocycles. The first-order chi connectivity index (χ1) is 19.8. The van der Waals surface area contributed by atoms with Gasteiger partial charge in [-0.3, -0.25) is 0 Å². The van der Waals surface area contributed by atoms with Crippen LogP contribution in [-0.4, -0.2) is 27.4 Å². The van der Waals surface area contributed by atoms with Crippen LogP contribution in [0.25, 0.3) is 0 Å². The number of ether oxygens (including phenoxy) is 1. The molecule has 2 atom stereocenters. The second-order valence-electron chi connectivity index (χ2n) is 9.90. The Labute approximate surface area is 255 Å². The summed E-state index contributed by atoms with van der Waals surface area (Å²) in [6.45, 7) is 8.76. The SMILES string of the molecule is Cc1cc(NC(C)O[B]c2ccccc2COCc2ccccc2[B]OC(C)Nc2ccc(Cl)c(C)c2)ccc1Cl. The fourth-order valence-corrected chi connectivity index (χ4v) is 4.42. The normalized spacial score (nSPS) is 12.4. The van der Waals surface area contributed by atoms with Gasteiger partial charge in [0.25, 0.3) is 0 Å². The summed E-state index contributed by atoms with van der Waals surface area (Å²) in [5.41, 5.74) is 7.94. The summed E-state index contributed by atoms with van der Waals surface area (Å²) in [5.74, 6) is 0. The van der Waals surface area contributed by atoms with Crippen molar-refractivity contribution in [3.05, 3.63) is 117 Å². The second-order valence-corrected chi connectivity index (χ2v) is 10.7. The number of hydrogen-bond acceptors (Lipinski definition) is 5. The maximum absolute atomic E-state index is 6.14. The highest BCUT2D eigenvalue weighted by atomic mass is 35.5. The molecular weight excluding hydrogens is 553 g/mol. The average Bonchev–Trinajstić information content (AvgIpc) is 2.96. The molecule has 4 rings (SSSR count). The topological polar surface area (TPSA) is 51.8 Å². The van der Waals surface area contributed by atoms with Gasteiger partial charge >= 0.3 is 15.0 Å². The first-order valence-corrected chi connectivity index (χ1v) is 14.3. The monoisotopic (exact) mass is 586 g/mol. The molecule has 0 fully saturated rings. The number of rotatable bonds is 14. The Morgan fingerprint density at radius 1 is 0.634 bits per heavy atom.